The van der Waals surface area contributed by atoms with Crippen molar-refractivity contribution in [1.29, 1.82) is 0 Å². The molecule has 0 N–H and O–H groups in total. The van der Waals surface area contributed by atoms with Crippen molar-refractivity contribution in [3.05, 3.63) is 71.8 Å². The lowest BCUT2D eigenvalue weighted by Gasteiger charge is -2.45. The smallest absolute Gasteiger partial charge is 0.409 e. The topological polar surface area (TPSA) is 66.9 Å². The molecule has 1 aliphatic heterocycles. The Balaban J connectivity index is 1.61. The van der Waals surface area contributed by atoms with E-state index >= 15 is 0 Å². The summed E-state index contributed by atoms with van der Waals surface area (Å²) in [5, 5.41) is 0. The van der Waals surface area contributed by atoms with Crippen LogP contribution in [-0.2, 0) is 14.3 Å². The third-order valence-corrected chi connectivity index (χ3v) is 7.77. The van der Waals surface area contributed by atoms with Gasteiger partial charge in [-0.1, -0.05) is 74.5 Å². The second-order valence-electron chi connectivity index (χ2n) is 9.81. The molecule has 6 nitrogen and oxygen atoms in total. The van der Waals surface area contributed by atoms with Gasteiger partial charge in [-0.25, -0.2) is 4.79 Å². The molecule has 0 radical (unpaired) electrons. The Bertz CT molecular complexity index is 962. The van der Waals surface area contributed by atoms with Gasteiger partial charge in [0.25, 0.3) is 0 Å². The van der Waals surface area contributed by atoms with Gasteiger partial charge in [-0.15, -0.1) is 0 Å². The van der Waals surface area contributed by atoms with Gasteiger partial charge in [0, 0.05) is 55.8 Å². The number of piperazine rings is 1. The average molecular weight is 477 g/mol. The second kappa shape index (κ2) is 11.2. The molecule has 4 unspecified atom stereocenters. The normalized spacial score (nSPS) is 27.5. The lowest BCUT2D eigenvalue weighted by Crippen LogP contribution is -2.52. The first-order valence-corrected chi connectivity index (χ1v) is 12.7. The Kier molecular flexibility index (Phi) is 8.01. The highest BCUT2D eigenvalue weighted by Crippen LogP contribution is 2.50. The highest BCUT2D eigenvalue weighted by atomic mass is 16.6. The number of hydrogen-bond acceptors (Lipinski definition) is 5. The van der Waals surface area contributed by atoms with Crippen molar-refractivity contribution >= 4 is 17.7 Å². The number of Topliss-reactive ketones (excluding diaryl/α,β-unsaturated/α-hetero) is 2. The molecule has 186 valence electrons. The third-order valence-electron chi connectivity index (χ3n) is 7.77. The maximum absolute atomic E-state index is 14.1. The molecule has 2 aliphatic rings. The fraction of sp³-hybridized carbons (Fsp3) is 0.483. The first kappa shape index (κ1) is 25.1. The van der Waals surface area contributed by atoms with Crippen molar-refractivity contribution in [1.82, 2.24) is 9.80 Å². The van der Waals surface area contributed by atoms with Gasteiger partial charge in [-0.2, -0.15) is 0 Å². The molecule has 2 aromatic rings. The van der Waals surface area contributed by atoms with E-state index in [1.54, 1.807) is 11.8 Å². The second-order valence-corrected chi connectivity index (χ2v) is 9.81. The van der Waals surface area contributed by atoms with Crippen LogP contribution in [0.5, 0.6) is 0 Å². The molecule has 2 aromatic carbocycles. The van der Waals surface area contributed by atoms with E-state index in [-0.39, 0.29) is 47.2 Å². The number of amides is 1. The summed E-state index contributed by atoms with van der Waals surface area (Å²) in [6.07, 6.45) is -0.291. The standard InChI is InChI=1S/C29H36N2O4/c1-4-35-29(34)31-17-15-30(16-18-31)19-24(32)27-25(22-11-7-5-8-12-22)20(2)28(33)21(3)26(27)23-13-9-6-10-14-23/h5-14,20-21,25-27H,4,15-19H2,1-3H3. The van der Waals surface area contributed by atoms with E-state index in [1.165, 1.54) is 0 Å². The van der Waals surface area contributed by atoms with E-state index in [2.05, 4.69) is 4.90 Å². The molecule has 35 heavy (non-hydrogen) atoms. The van der Waals surface area contributed by atoms with Crippen LogP contribution in [0.1, 0.15) is 43.7 Å². The van der Waals surface area contributed by atoms with Gasteiger partial charge in [0.15, 0.2) is 5.78 Å². The highest BCUT2D eigenvalue weighted by molar-refractivity contribution is 5.92. The molecule has 4 atom stereocenters. The zero-order valence-electron chi connectivity index (χ0n) is 20.9. The van der Waals surface area contributed by atoms with E-state index < -0.39 is 0 Å². The maximum atomic E-state index is 14.1. The molecular formula is C29H36N2O4. The SMILES string of the molecule is CCOC(=O)N1CCN(CC(=O)C2C(c3ccccc3)C(C)C(=O)C(C)C2c2ccccc2)CC1. The predicted molar refractivity (Wildman–Crippen MR) is 135 cm³/mol. The van der Waals surface area contributed by atoms with Crippen molar-refractivity contribution in [3.63, 3.8) is 0 Å². The van der Waals surface area contributed by atoms with Crippen LogP contribution in [0.4, 0.5) is 4.79 Å². The zero-order valence-corrected chi connectivity index (χ0v) is 20.9. The van der Waals surface area contributed by atoms with Gasteiger partial charge in [0.05, 0.1) is 13.2 Å². The minimum atomic E-state index is -0.300. The Morgan fingerprint density at radius 3 is 1.77 bits per heavy atom. The van der Waals surface area contributed by atoms with E-state index in [4.69, 9.17) is 4.74 Å². The minimum absolute atomic E-state index is 0.168. The third kappa shape index (κ3) is 5.32. The van der Waals surface area contributed by atoms with Crippen LogP contribution in [0, 0.1) is 17.8 Å². The van der Waals surface area contributed by atoms with Crippen molar-refractivity contribution in [2.75, 3.05) is 39.3 Å². The number of rotatable bonds is 6. The molecule has 2 fully saturated rings. The van der Waals surface area contributed by atoms with Crippen LogP contribution in [0.3, 0.4) is 0 Å². The molecule has 0 bridgehead atoms. The Morgan fingerprint density at radius 1 is 0.829 bits per heavy atom. The Hall–Kier alpha value is -2.99. The molecule has 0 spiro atoms. The van der Waals surface area contributed by atoms with Crippen LogP contribution in [0.25, 0.3) is 0 Å². The van der Waals surface area contributed by atoms with Crippen LogP contribution in [0.15, 0.2) is 60.7 Å². The molecule has 1 aliphatic carbocycles. The largest absolute Gasteiger partial charge is 0.450 e. The predicted octanol–water partition coefficient (Wildman–Crippen LogP) is 4.37. The first-order valence-electron chi connectivity index (χ1n) is 12.7. The molecule has 4 rings (SSSR count). The molecule has 0 aromatic heterocycles. The number of carbonyl (C=O) groups excluding carboxylic acids is 3. The monoisotopic (exact) mass is 476 g/mol. The average Bonchev–Trinajstić information content (AvgIpc) is 2.88. The number of hydrogen-bond donors (Lipinski definition) is 0. The van der Waals surface area contributed by atoms with Crippen LogP contribution in [0.2, 0.25) is 0 Å². The fourth-order valence-corrected chi connectivity index (χ4v) is 5.99. The van der Waals surface area contributed by atoms with E-state index in [0.29, 0.717) is 39.3 Å². The van der Waals surface area contributed by atoms with Gasteiger partial charge in [-0.05, 0) is 18.1 Å². The maximum Gasteiger partial charge on any atom is 0.409 e. The Labute approximate surface area is 208 Å². The number of ketones is 2. The van der Waals surface area contributed by atoms with Crippen molar-refractivity contribution in [2.24, 2.45) is 17.8 Å². The van der Waals surface area contributed by atoms with Gasteiger partial charge in [0.1, 0.15) is 5.78 Å². The lowest BCUT2D eigenvalue weighted by atomic mass is 9.57. The minimum Gasteiger partial charge on any atom is -0.450 e. The molecule has 6 heteroatoms. The molecular weight excluding hydrogens is 440 g/mol. The Morgan fingerprint density at radius 2 is 1.31 bits per heavy atom. The van der Waals surface area contributed by atoms with Crippen molar-refractivity contribution in [3.8, 4) is 0 Å². The summed E-state index contributed by atoms with van der Waals surface area (Å²) in [4.78, 5) is 43.4. The molecule has 1 saturated carbocycles. The summed E-state index contributed by atoms with van der Waals surface area (Å²) >= 11 is 0. The summed E-state index contributed by atoms with van der Waals surface area (Å²) in [5.41, 5.74) is 2.10. The highest BCUT2D eigenvalue weighted by Gasteiger charge is 2.50. The molecule has 1 heterocycles. The molecule has 1 amide bonds. The van der Waals surface area contributed by atoms with Crippen LogP contribution >= 0.6 is 0 Å². The molecule has 1 saturated heterocycles. The number of benzene rings is 2. The van der Waals surface area contributed by atoms with E-state index in [1.807, 2.05) is 74.5 Å². The first-order chi connectivity index (χ1) is 16.9. The van der Waals surface area contributed by atoms with Gasteiger partial charge >= 0.3 is 6.09 Å². The number of carbonyl (C=O) groups is 3. The quantitative estimate of drug-likeness (QED) is 0.620. The van der Waals surface area contributed by atoms with Crippen molar-refractivity contribution in [2.45, 2.75) is 32.6 Å². The zero-order chi connectivity index (χ0) is 24.9. The summed E-state index contributed by atoms with van der Waals surface area (Å²) in [7, 11) is 0. The summed E-state index contributed by atoms with van der Waals surface area (Å²) < 4.78 is 5.12. The number of nitrogens with zero attached hydrogens (tertiary/aromatic N) is 2. The van der Waals surface area contributed by atoms with Crippen LogP contribution in [-0.4, -0.2) is 66.8 Å². The summed E-state index contributed by atoms with van der Waals surface area (Å²) in [6, 6.07) is 20.1. The fourth-order valence-electron chi connectivity index (χ4n) is 5.99. The summed E-state index contributed by atoms with van der Waals surface area (Å²) in [5.74, 6) is -0.713. The van der Waals surface area contributed by atoms with Gasteiger partial charge in [0.2, 0.25) is 0 Å². The number of ether oxygens (including phenoxy) is 1. The van der Waals surface area contributed by atoms with Gasteiger partial charge in [-0.3, -0.25) is 14.5 Å². The van der Waals surface area contributed by atoms with Gasteiger partial charge < -0.3 is 9.64 Å². The van der Waals surface area contributed by atoms with E-state index in [0.717, 1.165) is 11.1 Å². The van der Waals surface area contributed by atoms with Crippen molar-refractivity contribution < 1.29 is 19.1 Å². The van der Waals surface area contributed by atoms with Crippen LogP contribution < -0.4 is 0 Å². The van der Waals surface area contributed by atoms with E-state index in [9.17, 15) is 14.4 Å². The summed E-state index contributed by atoms with van der Waals surface area (Å²) in [6.45, 7) is 8.80. The lowest BCUT2D eigenvalue weighted by molar-refractivity contribution is -0.137.